The molecule has 1 fully saturated rings. The van der Waals surface area contributed by atoms with Crippen molar-refractivity contribution in [1.82, 2.24) is 0 Å². The van der Waals surface area contributed by atoms with Crippen LogP contribution in [0.2, 0.25) is 0 Å². The molecule has 1 aliphatic heterocycles. The number of benzene rings is 1. The number of fused-ring (bicyclic) bond motifs is 1. The Bertz CT molecular complexity index is 547. The van der Waals surface area contributed by atoms with E-state index in [-0.39, 0.29) is 23.9 Å². The van der Waals surface area contributed by atoms with Gasteiger partial charge in [0.15, 0.2) is 0 Å². The molecular weight excluding hydrogens is 271 g/mol. The van der Waals surface area contributed by atoms with E-state index in [0.29, 0.717) is 18.5 Å². The minimum Gasteiger partial charge on any atom is -0.379 e. The van der Waals surface area contributed by atoms with E-state index < -0.39 is 0 Å². The molecule has 2 atom stereocenters. The van der Waals surface area contributed by atoms with Crippen molar-refractivity contribution < 1.29 is 13.9 Å². The molecule has 3 rings (SSSR count). The van der Waals surface area contributed by atoms with Gasteiger partial charge in [-0.25, -0.2) is 4.39 Å². The number of carbonyl (C=O) groups is 1. The number of halogens is 1. The van der Waals surface area contributed by atoms with Crippen LogP contribution < -0.4 is 10.6 Å². The van der Waals surface area contributed by atoms with E-state index in [1.54, 1.807) is 13.2 Å². The maximum Gasteiger partial charge on any atom is 0.224 e. The molecule has 2 N–H and O–H groups in total. The van der Waals surface area contributed by atoms with Gasteiger partial charge in [0.2, 0.25) is 5.91 Å². The number of rotatable bonds is 3. The molecule has 2 aliphatic rings. The summed E-state index contributed by atoms with van der Waals surface area (Å²) in [5.41, 5.74) is 2.04. The van der Waals surface area contributed by atoms with Crippen LogP contribution >= 0.6 is 0 Å². The zero-order chi connectivity index (χ0) is 14.8. The molecule has 1 amide bonds. The van der Waals surface area contributed by atoms with Gasteiger partial charge in [0.05, 0.1) is 17.8 Å². The van der Waals surface area contributed by atoms with Crippen LogP contribution in [0.5, 0.6) is 0 Å². The first-order valence-electron chi connectivity index (χ1n) is 7.59. The van der Waals surface area contributed by atoms with E-state index in [9.17, 15) is 9.18 Å². The molecule has 1 aliphatic carbocycles. The highest BCUT2D eigenvalue weighted by molar-refractivity contribution is 5.94. The van der Waals surface area contributed by atoms with Gasteiger partial charge in [-0.05, 0) is 37.0 Å². The van der Waals surface area contributed by atoms with Gasteiger partial charge in [0, 0.05) is 19.2 Å². The fraction of sp³-hybridized carbons (Fsp3) is 0.562. The van der Waals surface area contributed by atoms with Crippen molar-refractivity contribution in [1.29, 1.82) is 0 Å². The lowest BCUT2D eigenvalue weighted by Gasteiger charge is -2.32. The number of nitrogens with one attached hydrogen (secondary N) is 2. The van der Waals surface area contributed by atoms with E-state index in [0.717, 1.165) is 36.9 Å². The lowest BCUT2D eigenvalue weighted by atomic mass is 9.92. The molecule has 0 saturated heterocycles. The van der Waals surface area contributed by atoms with Crippen LogP contribution in [-0.2, 0) is 16.0 Å². The number of methoxy groups -OCH3 is 1. The summed E-state index contributed by atoms with van der Waals surface area (Å²) in [5.74, 6) is -0.266. The second-order valence-electron chi connectivity index (χ2n) is 5.85. The number of hydrogen-bond donors (Lipinski definition) is 2. The summed E-state index contributed by atoms with van der Waals surface area (Å²) in [7, 11) is 1.70. The molecule has 0 radical (unpaired) electrons. The molecule has 1 aromatic rings. The standard InChI is InChI=1S/C16H21FN2O2/c1-21-15-5-3-2-4-12(15)18-14-9-13-10(8-11(14)17)6-7-16(20)19-13/h8-9,12,15,18H,2-7H2,1H3,(H,19,20). The van der Waals surface area contributed by atoms with Gasteiger partial charge in [-0.3, -0.25) is 4.79 Å². The third kappa shape index (κ3) is 3.02. The number of aryl methyl sites for hydroxylation is 1. The lowest BCUT2D eigenvalue weighted by molar-refractivity contribution is -0.116. The molecule has 5 heteroatoms. The van der Waals surface area contributed by atoms with Crippen molar-refractivity contribution >= 4 is 17.3 Å². The van der Waals surface area contributed by atoms with Crippen molar-refractivity contribution in [2.45, 2.75) is 50.7 Å². The first kappa shape index (κ1) is 14.3. The van der Waals surface area contributed by atoms with Gasteiger partial charge in [-0.1, -0.05) is 12.8 Å². The van der Waals surface area contributed by atoms with Crippen LogP contribution in [0.3, 0.4) is 0 Å². The molecular formula is C16H21FN2O2. The Labute approximate surface area is 124 Å². The van der Waals surface area contributed by atoms with Crippen LogP contribution in [0.1, 0.15) is 37.7 Å². The predicted octanol–water partition coefficient (Wildman–Crippen LogP) is 3.08. The zero-order valence-electron chi connectivity index (χ0n) is 12.2. The summed E-state index contributed by atoms with van der Waals surface area (Å²) in [5, 5.41) is 6.08. The molecule has 1 aromatic carbocycles. The second kappa shape index (κ2) is 6.02. The minimum atomic E-state index is -0.259. The average molecular weight is 292 g/mol. The SMILES string of the molecule is COC1CCCCC1Nc1cc2c(cc1F)CCC(=O)N2. The zero-order valence-corrected chi connectivity index (χ0v) is 12.2. The summed E-state index contributed by atoms with van der Waals surface area (Å²) >= 11 is 0. The molecule has 1 saturated carbocycles. The average Bonchev–Trinajstić information content (AvgIpc) is 2.49. The van der Waals surface area contributed by atoms with Crippen LogP contribution in [0.4, 0.5) is 15.8 Å². The largest absolute Gasteiger partial charge is 0.379 e. The number of amides is 1. The molecule has 1 heterocycles. The Morgan fingerprint density at radius 2 is 2.10 bits per heavy atom. The molecule has 0 aromatic heterocycles. The molecule has 4 nitrogen and oxygen atoms in total. The third-order valence-corrected chi connectivity index (χ3v) is 4.43. The molecule has 0 spiro atoms. The summed E-state index contributed by atoms with van der Waals surface area (Å²) in [6.07, 6.45) is 5.39. The maximum absolute atomic E-state index is 14.2. The van der Waals surface area contributed by atoms with E-state index in [4.69, 9.17) is 4.74 Å². The Morgan fingerprint density at radius 1 is 1.29 bits per heavy atom. The first-order valence-corrected chi connectivity index (χ1v) is 7.59. The Hall–Kier alpha value is -1.62. The maximum atomic E-state index is 14.2. The highest BCUT2D eigenvalue weighted by Crippen LogP contribution is 2.31. The number of carbonyl (C=O) groups excluding carboxylic acids is 1. The van der Waals surface area contributed by atoms with Gasteiger partial charge in [-0.2, -0.15) is 0 Å². The van der Waals surface area contributed by atoms with Crippen LogP contribution in [-0.4, -0.2) is 25.2 Å². The summed E-state index contributed by atoms with van der Waals surface area (Å²) < 4.78 is 19.7. The summed E-state index contributed by atoms with van der Waals surface area (Å²) in [6, 6.07) is 3.36. The van der Waals surface area contributed by atoms with Gasteiger partial charge in [0.1, 0.15) is 5.82 Å². The highest BCUT2D eigenvalue weighted by atomic mass is 19.1. The van der Waals surface area contributed by atoms with E-state index in [1.165, 1.54) is 6.07 Å². The number of hydrogen-bond acceptors (Lipinski definition) is 3. The lowest BCUT2D eigenvalue weighted by Crippen LogP contribution is -2.38. The number of anilines is 2. The molecule has 114 valence electrons. The van der Waals surface area contributed by atoms with Crippen LogP contribution in [0, 0.1) is 5.82 Å². The molecule has 0 bridgehead atoms. The fourth-order valence-corrected chi connectivity index (χ4v) is 3.25. The predicted molar refractivity (Wildman–Crippen MR) is 80.0 cm³/mol. The highest BCUT2D eigenvalue weighted by Gasteiger charge is 2.26. The normalized spacial score (nSPS) is 25.1. The van der Waals surface area contributed by atoms with E-state index in [1.807, 2.05) is 0 Å². The molecule has 21 heavy (non-hydrogen) atoms. The Kier molecular flexibility index (Phi) is 4.10. The smallest absolute Gasteiger partial charge is 0.224 e. The summed E-state index contributed by atoms with van der Waals surface area (Å²) in [4.78, 5) is 11.5. The minimum absolute atomic E-state index is 0.00695. The monoisotopic (exact) mass is 292 g/mol. The topological polar surface area (TPSA) is 50.4 Å². The van der Waals surface area contributed by atoms with Gasteiger partial charge < -0.3 is 15.4 Å². The Balaban J connectivity index is 1.81. The van der Waals surface area contributed by atoms with Crippen molar-refractivity contribution in [2.75, 3.05) is 17.7 Å². The fourth-order valence-electron chi connectivity index (χ4n) is 3.25. The van der Waals surface area contributed by atoms with Crippen LogP contribution in [0.15, 0.2) is 12.1 Å². The summed E-state index contributed by atoms with van der Waals surface area (Å²) in [6.45, 7) is 0. The number of ether oxygens (including phenoxy) is 1. The van der Waals surface area contributed by atoms with E-state index in [2.05, 4.69) is 10.6 Å². The van der Waals surface area contributed by atoms with Crippen molar-refractivity contribution in [3.8, 4) is 0 Å². The van der Waals surface area contributed by atoms with Crippen molar-refractivity contribution in [3.63, 3.8) is 0 Å². The first-order chi connectivity index (χ1) is 10.2. The van der Waals surface area contributed by atoms with Gasteiger partial charge in [0.25, 0.3) is 0 Å². The van der Waals surface area contributed by atoms with Crippen molar-refractivity contribution in [2.24, 2.45) is 0 Å². The van der Waals surface area contributed by atoms with Crippen molar-refractivity contribution in [3.05, 3.63) is 23.5 Å². The van der Waals surface area contributed by atoms with Gasteiger partial charge >= 0.3 is 0 Å². The van der Waals surface area contributed by atoms with Gasteiger partial charge in [-0.15, -0.1) is 0 Å². The second-order valence-corrected chi connectivity index (χ2v) is 5.85. The molecule has 2 unspecified atom stereocenters. The Morgan fingerprint density at radius 3 is 2.90 bits per heavy atom. The van der Waals surface area contributed by atoms with Crippen LogP contribution in [0.25, 0.3) is 0 Å². The third-order valence-electron chi connectivity index (χ3n) is 4.43. The van der Waals surface area contributed by atoms with E-state index >= 15 is 0 Å². The quantitative estimate of drug-likeness (QED) is 0.900.